The van der Waals surface area contributed by atoms with E-state index < -0.39 is 5.97 Å². The highest BCUT2D eigenvalue weighted by Gasteiger charge is 2.16. The summed E-state index contributed by atoms with van der Waals surface area (Å²) in [6.07, 6.45) is 0. The maximum atomic E-state index is 10.8. The van der Waals surface area contributed by atoms with Gasteiger partial charge in [0.1, 0.15) is 11.9 Å². The van der Waals surface area contributed by atoms with E-state index in [1.807, 2.05) is 13.0 Å². The Kier molecular flexibility index (Phi) is 2.81. The minimum Gasteiger partial charge on any atom is -0.475 e. The fraction of sp³-hybridized carbons (Fsp3) is 0.167. The number of carboxylic acid groups (broad SMARTS) is 1. The number of rotatable bonds is 2. The van der Waals surface area contributed by atoms with Gasteiger partial charge in [-0.25, -0.2) is 14.5 Å². The summed E-state index contributed by atoms with van der Waals surface area (Å²) in [5, 5.41) is 21.9. The van der Waals surface area contributed by atoms with Crippen molar-refractivity contribution in [3.63, 3.8) is 0 Å². The number of carbonyl (C=O) groups is 1. The van der Waals surface area contributed by atoms with Crippen LogP contribution in [0.2, 0.25) is 0 Å². The summed E-state index contributed by atoms with van der Waals surface area (Å²) in [6, 6.07) is 7.40. The van der Waals surface area contributed by atoms with E-state index in [-0.39, 0.29) is 5.82 Å². The van der Waals surface area contributed by atoms with Crippen LogP contribution in [0.4, 0.5) is 0 Å². The van der Waals surface area contributed by atoms with Gasteiger partial charge in [0.05, 0.1) is 11.3 Å². The van der Waals surface area contributed by atoms with E-state index >= 15 is 0 Å². The van der Waals surface area contributed by atoms with Crippen LogP contribution in [0, 0.1) is 25.2 Å². The molecule has 0 aliphatic rings. The molecule has 0 atom stereocenters. The molecule has 2 rings (SSSR count). The number of nitriles is 1. The highest BCUT2D eigenvalue weighted by atomic mass is 16.4. The molecule has 6 heteroatoms. The summed E-state index contributed by atoms with van der Waals surface area (Å²) in [4.78, 5) is 14.7. The number of aromatic carboxylic acids is 1. The molecule has 1 N–H and O–H groups in total. The van der Waals surface area contributed by atoms with E-state index in [9.17, 15) is 4.79 Å². The Hall–Kier alpha value is -2.68. The molecule has 0 aliphatic carbocycles. The predicted molar refractivity (Wildman–Crippen MR) is 62.5 cm³/mol. The van der Waals surface area contributed by atoms with Crippen LogP contribution in [0.15, 0.2) is 18.2 Å². The van der Waals surface area contributed by atoms with Crippen LogP contribution in [-0.2, 0) is 0 Å². The third kappa shape index (κ3) is 1.82. The van der Waals surface area contributed by atoms with E-state index in [4.69, 9.17) is 10.4 Å². The Morgan fingerprint density at radius 3 is 2.72 bits per heavy atom. The highest BCUT2D eigenvalue weighted by Crippen LogP contribution is 2.18. The lowest BCUT2D eigenvalue weighted by Crippen LogP contribution is -2.05. The molecule has 0 fully saturated rings. The summed E-state index contributed by atoms with van der Waals surface area (Å²) in [5.41, 5.74) is 1.80. The van der Waals surface area contributed by atoms with Crippen molar-refractivity contribution in [2.75, 3.05) is 0 Å². The Morgan fingerprint density at radius 2 is 2.17 bits per heavy atom. The van der Waals surface area contributed by atoms with E-state index in [0.717, 1.165) is 5.56 Å². The fourth-order valence-corrected chi connectivity index (χ4v) is 1.68. The molecule has 18 heavy (non-hydrogen) atoms. The molecular weight excluding hydrogens is 232 g/mol. The van der Waals surface area contributed by atoms with E-state index in [2.05, 4.69) is 16.2 Å². The molecule has 6 nitrogen and oxygen atoms in total. The fourth-order valence-electron chi connectivity index (χ4n) is 1.68. The van der Waals surface area contributed by atoms with Gasteiger partial charge in [0, 0.05) is 0 Å². The lowest BCUT2D eigenvalue weighted by atomic mass is 10.1. The second-order valence-corrected chi connectivity index (χ2v) is 3.78. The van der Waals surface area contributed by atoms with Crippen LogP contribution in [0.5, 0.6) is 0 Å². The first kappa shape index (κ1) is 11.8. The zero-order valence-electron chi connectivity index (χ0n) is 9.88. The Bertz CT molecular complexity index is 667. The summed E-state index contributed by atoms with van der Waals surface area (Å²) in [6.45, 7) is 3.45. The van der Waals surface area contributed by atoms with Crippen molar-refractivity contribution in [1.82, 2.24) is 14.8 Å². The second kappa shape index (κ2) is 4.30. The molecule has 0 amide bonds. The topological polar surface area (TPSA) is 91.8 Å². The van der Waals surface area contributed by atoms with Crippen LogP contribution >= 0.6 is 0 Å². The minimum absolute atomic E-state index is 0.280. The first-order chi connectivity index (χ1) is 8.54. The third-order valence-electron chi connectivity index (χ3n) is 2.55. The number of carboxylic acids is 1. The van der Waals surface area contributed by atoms with Crippen molar-refractivity contribution in [1.29, 1.82) is 5.26 Å². The molecule has 1 heterocycles. The van der Waals surface area contributed by atoms with Gasteiger partial charge >= 0.3 is 5.97 Å². The number of aryl methyl sites for hydroxylation is 2. The summed E-state index contributed by atoms with van der Waals surface area (Å²) < 4.78 is 1.37. The molecule has 90 valence electrons. The Labute approximate surface area is 103 Å². The SMILES string of the molecule is Cc1cccc(-n2nc(C(=O)O)nc2C)c1C#N. The van der Waals surface area contributed by atoms with E-state index in [0.29, 0.717) is 17.1 Å². The van der Waals surface area contributed by atoms with Crippen LogP contribution in [0.25, 0.3) is 5.69 Å². The van der Waals surface area contributed by atoms with Crippen molar-refractivity contribution in [3.8, 4) is 11.8 Å². The van der Waals surface area contributed by atoms with Crippen LogP contribution < -0.4 is 0 Å². The molecule has 0 saturated carbocycles. The summed E-state index contributed by atoms with van der Waals surface area (Å²) in [7, 11) is 0. The predicted octanol–water partition coefficient (Wildman–Crippen LogP) is 1.45. The first-order valence-electron chi connectivity index (χ1n) is 5.21. The van der Waals surface area contributed by atoms with Crippen LogP contribution in [-0.4, -0.2) is 25.8 Å². The Morgan fingerprint density at radius 1 is 1.44 bits per heavy atom. The average Bonchev–Trinajstić information content (AvgIpc) is 2.71. The van der Waals surface area contributed by atoms with Gasteiger partial charge in [0.15, 0.2) is 0 Å². The van der Waals surface area contributed by atoms with Crippen LogP contribution in [0.1, 0.15) is 27.6 Å². The normalized spacial score (nSPS) is 10.1. The molecule has 0 bridgehead atoms. The average molecular weight is 242 g/mol. The lowest BCUT2D eigenvalue weighted by molar-refractivity contribution is 0.0683. The number of benzene rings is 1. The van der Waals surface area contributed by atoms with Crippen molar-refractivity contribution in [2.45, 2.75) is 13.8 Å². The molecule has 0 unspecified atom stereocenters. The number of hydrogen-bond acceptors (Lipinski definition) is 4. The van der Waals surface area contributed by atoms with Gasteiger partial charge in [-0.2, -0.15) is 5.26 Å². The lowest BCUT2D eigenvalue weighted by Gasteiger charge is -2.06. The van der Waals surface area contributed by atoms with Gasteiger partial charge in [-0.15, -0.1) is 5.10 Å². The number of nitrogens with zero attached hydrogens (tertiary/aromatic N) is 4. The molecule has 0 saturated heterocycles. The summed E-state index contributed by atoms with van der Waals surface area (Å²) >= 11 is 0. The molecule has 0 radical (unpaired) electrons. The molecular formula is C12H10N4O2. The number of hydrogen-bond donors (Lipinski definition) is 1. The van der Waals surface area contributed by atoms with Gasteiger partial charge in [0.2, 0.25) is 0 Å². The third-order valence-corrected chi connectivity index (χ3v) is 2.55. The zero-order chi connectivity index (χ0) is 13.3. The molecule has 0 aliphatic heterocycles. The molecule has 2 aromatic rings. The van der Waals surface area contributed by atoms with Crippen molar-refractivity contribution in [2.24, 2.45) is 0 Å². The Balaban J connectivity index is 2.67. The highest BCUT2D eigenvalue weighted by molar-refractivity contribution is 5.83. The van der Waals surface area contributed by atoms with Crippen LogP contribution in [0.3, 0.4) is 0 Å². The monoisotopic (exact) mass is 242 g/mol. The van der Waals surface area contributed by atoms with Gasteiger partial charge in [-0.1, -0.05) is 12.1 Å². The van der Waals surface area contributed by atoms with E-state index in [1.54, 1.807) is 19.1 Å². The maximum Gasteiger partial charge on any atom is 0.375 e. The smallest absolute Gasteiger partial charge is 0.375 e. The largest absolute Gasteiger partial charge is 0.475 e. The molecule has 0 spiro atoms. The van der Waals surface area contributed by atoms with Gasteiger partial charge in [0.25, 0.3) is 5.82 Å². The number of aromatic nitrogens is 3. The van der Waals surface area contributed by atoms with Crippen molar-refractivity contribution >= 4 is 5.97 Å². The molecule has 1 aromatic carbocycles. The first-order valence-corrected chi connectivity index (χ1v) is 5.21. The molecule has 1 aromatic heterocycles. The maximum absolute atomic E-state index is 10.8. The van der Waals surface area contributed by atoms with E-state index in [1.165, 1.54) is 4.68 Å². The summed E-state index contributed by atoms with van der Waals surface area (Å²) in [5.74, 6) is -1.05. The van der Waals surface area contributed by atoms with Gasteiger partial charge in [-0.05, 0) is 25.5 Å². The zero-order valence-corrected chi connectivity index (χ0v) is 9.88. The second-order valence-electron chi connectivity index (χ2n) is 3.78. The quantitative estimate of drug-likeness (QED) is 0.860. The van der Waals surface area contributed by atoms with Gasteiger partial charge in [-0.3, -0.25) is 0 Å². The minimum atomic E-state index is -1.19. The van der Waals surface area contributed by atoms with Crippen molar-refractivity contribution in [3.05, 3.63) is 41.0 Å². The van der Waals surface area contributed by atoms with Gasteiger partial charge < -0.3 is 5.11 Å². The standard InChI is InChI=1S/C12H10N4O2/c1-7-4-3-5-10(9(7)6-13)16-8(2)14-11(15-16)12(17)18/h3-5H,1-2H3,(H,17,18). The van der Waals surface area contributed by atoms with Crippen molar-refractivity contribution < 1.29 is 9.90 Å².